The van der Waals surface area contributed by atoms with E-state index in [1.807, 2.05) is 24.3 Å². The smallest absolute Gasteiger partial charge is 0.328 e. The van der Waals surface area contributed by atoms with E-state index in [0.29, 0.717) is 22.3 Å². The Kier molecular flexibility index (Phi) is 7.70. The van der Waals surface area contributed by atoms with Crippen molar-refractivity contribution in [1.82, 2.24) is 10.6 Å². The number of imide groups is 1. The van der Waals surface area contributed by atoms with Crippen LogP contribution in [0.5, 0.6) is 0 Å². The summed E-state index contributed by atoms with van der Waals surface area (Å²) in [5.41, 5.74) is 0.987. The van der Waals surface area contributed by atoms with E-state index in [2.05, 4.69) is 31.4 Å². The average molecular weight is 534 g/mol. The number of rotatable bonds is 6. The van der Waals surface area contributed by atoms with Gasteiger partial charge in [0.05, 0.1) is 24.4 Å². The number of aliphatic hydroxyl groups is 2. The fourth-order valence-corrected chi connectivity index (χ4v) is 6.06. The van der Waals surface area contributed by atoms with Crippen molar-refractivity contribution in [2.24, 2.45) is 11.3 Å². The van der Waals surface area contributed by atoms with Crippen LogP contribution >= 0.6 is 23.2 Å². The molecule has 36 heavy (non-hydrogen) atoms. The van der Waals surface area contributed by atoms with Crippen LogP contribution in [0, 0.1) is 11.3 Å². The Labute approximate surface area is 221 Å². The van der Waals surface area contributed by atoms with Crippen molar-refractivity contribution >= 4 is 40.8 Å². The van der Waals surface area contributed by atoms with E-state index in [1.165, 1.54) is 4.90 Å². The number of anilines is 1. The lowest BCUT2D eigenvalue weighted by molar-refractivity contribution is -0.124. The molecule has 0 saturated carbocycles. The van der Waals surface area contributed by atoms with Gasteiger partial charge in [-0.05, 0) is 59.6 Å². The second kappa shape index (κ2) is 10.3. The van der Waals surface area contributed by atoms with Gasteiger partial charge in [0.1, 0.15) is 5.41 Å². The zero-order chi connectivity index (χ0) is 26.3. The number of carbonyl (C=O) groups is 2. The Bertz CT molecular complexity index is 1150. The Morgan fingerprint density at radius 2 is 1.94 bits per heavy atom. The quantitative estimate of drug-likeness (QED) is 0.440. The number of halogens is 2. The predicted molar refractivity (Wildman–Crippen MR) is 141 cm³/mol. The molecule has 3 amide bonds. The number of urea groups is 1. The third-order valence-corrected chi connectivity index (χ3v) is 7.55. The number of fused-ring (bicyclic) bond motifs is 2. The molecule has 1 spiro atoms. The number of nitrogens with zero attached hydrogens (tertiary/aromatic N) is 1. The Hall–Kier alpha value is -2.16. The van der Waals surface area contributed by atoms with Gasteiger partial charge in [-0.1, -0.05) is 62.2 Å². The molecule has 194 valence electrons. The first-order chi connectivity index (χ1) is 17.0. The number of benzene rings is 2. The van der Waals surface area contributed by atoms with Crippen LogP contribution in [0.15, 0.2) is 42.5 Å². The minimum Gasteiger partial charge on any atom is -0.394 e. The van der Waals surface area contributed by atoms with Gasteiger partial charge in [-0.15, -0.1) is 0 Å². The number of nitrogens with one attached hydrogen (secondary N) is 2. The maximum Gasteiger partial charge on any atom is 0.328 e. The maximum absolute atomic E-state index is 14.5. The zero-order valence-electron chi connectivity index (χ0n) is 20.7. The first-order valence-electron chi connectivity index (χ1n) is 12.2. The van der Waals surface area contributed by atoms with E-state index in [-0.39, 0.29) is 30.2 Å². The molecule has 0 bridgehead atoms. The van der Waals surface area contributed by atoms with Gasteiger partial charge in [0.15, 0.2) is 0 Å². The van der Waals surface area contributed by atoms with Gasteiger partial charge in [0.2, 0.25) is 5.91 Å². The van der Waals surface area contributed by atoms with Gasteiger partial charge in [-0.25, -0.2) is 9.69 Å². The lowest BCUT2D eigenvalue weighted by Crippen LogP contribution is -2.52. The van der Waals surface area contributed by atoms with Crippen LogP contribution in [0.1, 0.15) is 50.8 Å². The van der Waals surface area contributed by atoms with Gasteiger partial charge in [-0.2, -0.15) is 0 Å². The van der Waals surface area contributed by atoms with E-state index in [9.17, 15) is 14.7 Å². The fraction of sp³-hybridized carbons (Fsp3) is 0.481. The van der Waals surface area contributed by atoms with E-state index in [1.54, 1.807) is 18.2 Å². The molecule has 1 fully saturated rings. The number of hydrogen-bond donors (Lipinski definition) is 4. The largest absolute Gasteiger partial charge is 0.394 e. The highest BCUT2D eigenvalue weighted by atomic mass is 35.5. The van der Waals surface area contributed by atoms with Gasteiger partial charge < -0.3 is 20.8 Å². The Morgan fingerprint density at radius 1 is 1.22 bits per heavy atom. The summed E-state index contributed by atoms with van der Waals surface area (Å²) in [7, 11) is 0. The van der Waals surface area contributed by atoms with E-state index >= 15 is 0 Å². The van der Waals surface area contributed by atoms with Gasteiger partial charge in [0.25, 0.3) is 0 Å². The van der Waals surface area contributed by atoms with Crippen LogP contribution in [-0.4, -0.2) is 48.0 Å². The molecule has 4 atom stereocenters. The van der Waals surface area contributed by atoms with Crippen LogP contribution in [-0.2, 0) is 10.2 Å². The van der Waals surface area contributed by atoms with Gasteiger partial charge in [0, 0.05) is 23.1 Å². The van der Waals surface area contributed by atoms with Crippen molar-refractivity contribution in [3.05, 3.63) is 63.6 Å². The first kappa shape index (κ1) is 26.9. The molecule has 0 unspecified atom stereocenters. The molecule has 0 radical (unpaired) electrons. The number of hydrogen-bond acceptors (Lipinski definition) is 5. The zero-order valence-corrected chi connectivity index (χ0v) is 22.2. The normalized spacial score (nSPS) is 24.3. The molecule has 4 rings (SSSR count). The second-order valence-electron chi connectivity index (χ2n) is 10.9. The summed E-state index contributed by atoms with van der Waals surface area (Å²) in [4.78, 5) is 29.1. The molecule has 7 nitrogen and oxygen atoms in total. The molecular weight excluding hydrogens is 501 g/mol. The maximum atomic E-state index is 14.5. The average Bonchev–Trinajstić information content (AvgIpc) is 3.28. The summed E-state index contributed by atoms with van der Waals surface area (Å²) in [6.07, 6.45) is -0.0322. The summed E-state index contributed by atoms with van der Waals surface area (Å²) in [6, 6.07) is 11.8. The summed E-state index contributed by atoms with van der Waals surface area (Å²) < 4.78 is 0. The lowest BCUT2D eigenvalue weighted by atomic mass is 9.63. The predicted octanol–water partition coefficient (Wildman–Crippen LogP) is 4.43. The van der Waals surface area contributed by atoms with Crippen molar-refractivity contribution in [3.8, 4) is 0 Å². The van der Waals surface area contributed by atoms with Crippen LogP contribution in [0.4, 0.5) is 10.5 Å². The van der Waals surface area contributed by atoms with Crippen molar-refractivity contribution in [1.29, 1.82) is 0 Å². The van der Waals surface area contributed by atoms with Gasteiger partial charge in [-0.3, -0.25) is 4.79 Å². The molecule has 0 aromatic heterocycles. The molecule has 2 heterocycles. The minimum atomic E-state index is -1.04. The molecule has 2 aromatic carbocycles. The van der Waals surface area contributed by atoms with Crippen LogP contribution in [0.2, 0.25) is 10.0 Å². The Morgan fingerprint density at radius 3 is 2.61 bits per heavy atom. The molecule has 1 saturated heterocycles. The molecular formula is C27H33Cl2N3O4. The highest BCUT2D eigenvalue weighted by molar-refractivity contribution is 6.32. The third kappa shape index (κ3) is 4.87. The van der Waals surface area contributed by atoms with Crippen molar-refractivity contribution < 1.29 is 19.8 Å². The number of aliphatic hydroxyl groups excluding tert-OH is 2. The highest BCUT2D eigenvalue weighted by Gasteiger charge is 2.64. The first-order valence-corrected chi connectivity index (χ1v) is 12.9. The van der Waals surface area contributed by atoms with E-state index < -0.39 is 30.2 Å². The highest BCUT2D eigenvalue weighted by Crippen LogP contribution is 2.58. The number of amides is 3. The Balaban J connectivity index is 1.83. The molecule has 2 aliphatic rings. The molecule has 0 aliphatic carbocycles. The summed E-state index contributed by atoms with van der Waals surface area (Å²) in [5.74, 6) is -0.410. The SMILES string of the molecule is CC(C)(C)C[C@@H]1CN[C@H](c2cccc(Cl)c2)[C@@]12C(=O)N(C(=O)NCC[C@H](O)CO)c1cc(Cl)ccc12. The molecule has 9 heteroatoms. The third-order valence-electron chi connectivity index (χ3n) is 7.08. The summed E-state index contributed by atoms with van der Waals surface area (Å²) >= 11 is 12.7. The standard InChI is InChI=1S/C27H33Cl2N3O4/c1-26(2,3)13-17-14-31-23(16-5-4-6-18(28)11-16)27(17)21-8-7-19(29)12-22(21)32(24(27)35)25(36)30-10-9-20(34)15-33/h4-8,11-12,17,20,23,31,33-34H,9-10,13-15H2,1-3H3,(H,30,36)/t17-,20+,23-,27-/m1/s1. The molecule has 4 N–H and O–H groups in total. The monoisotopic (exact) mass is 533 g/mol. The second-order valence-corrected chi connectivity index (χ2v) is 11.8. The van der Waals surface area contributed by atoms with Crippen LogP contribution < -0.4 is 15.5 Å². The van der Waals surface area contributed by atoms with Crippen molar-refractivity contribution in [2.45, 2.75) is 51.2 Å². The van der Waals surface area contributed by atoms with Crippen molar-refractivity contribution in [3.63, 3.8) is 0 Å². The van der Waals surface area contributed by atoms with E-state index in [4.69, 9.17) is 28.3 Å². The van der Waals surface area contributed by atoms with E-state index in [0.717, 1.165) is 17.5 Å². The van der Waals surface area contributed by atoms with Gasteiger partial charge >= 0.3 is 6.03 Å². The van der Waals surface area contributed by atoms with Crippen LogP contribution in [0.25, 0.3) is 0 Å². The minimum absolute atomic E-state index is 0.0639. The molecule has 2 aromatic rings. The van der Waals surface area contributed by atoms with Crippen molar-refractivity contribution in [2.75, 3.05) is 24.6 Å². The van der Waals surface area contributed by atoms with Crippen LogP contribution in [0.3, 0.4) is 0 Å². The molecule has 2 aliphatic heterocycles. The lowest BCUT2D eigenvalue weighted by Gasteiger charge is -2.37. The summed E-state index contributed by atoms with van der Waals surface area (Å²) in [6.45, 7) is 6.74. The summed E-state index contributed by atoms with van der Waals surface area (Å²) in [5, 5.41) is 26.0. The fourth-order valence-electron chi connectivity index (χ4n) is 5.70. The number of carbonyl (C=O) groups excluding carboxylic acids is 2. The topological polar surface area (TPSA) is 102 Å².